The highest BCUT2D eigenvalue weighted by atomic mass is 35.5. The van der Waals surface area contributed by atoms with E-state index in [1.165, 1.54) is 30.6 Å². The number of carbonyl (C=O) groups excluding carboxylic acids is 5. The number of unbranched alkanes of at least 4 members (excludes halogenated alkanes) is 8. The molecule has 7 rings (SSSR count). The fourth-order valence-electron chi connectivity index (χ4n) is 10.2. The highest BCUT2D eigenvalue weighted by Crippen LogP contribution is 2.40. The lowest BCUT2D eigenvalue weighted by molar-refractivity contribution is -0.150. The summed E-state index contributed by atoms with van der Waals surface area (Å²) in [4.78, 5) is 81.8. The quantitative estimate of drug-likeness (QED) is 0.0232. The van der Waals surface area contributed by atoms with Crippen LogP contribution < -0.4 is 21.7 Å². The van der Waals surface area contributed by atoms with Crippen LogP contribution in [0.5, 0.6) is 0 Å². The Labute approximate surface area is 501 Å². The zero-order valence-electron chi connectivity index (χ0n) is 49.2. The summed E-state index contributed by atoms with van der Waals surface area (Å²) in [6, 6.07) is 12.9. The second kappa shape index (κ2) is 31.8. The van der Waals surface area contributed by atoms with Gasteiger partial charge in [0.2, 0.25) is 23.6 Å². The first-order valence-corrected chi connectivity index (χ1v) is 31.1. The van der Waals surface area contributed by atoms with Crippen molar-refractivity contribution in [1.82, 2.24) is 40.6 Å². The number of nitrogens with zero attached hydrogens (tertiary/aromatic N) is 6. The molecule has 1 saturated heterocycles. The molecule has 0 bridgehead atoms. The van der Waals surface area contributed by atoms with Crippen LogP contribution in [0, 0.1) is 33.1 Å². The van der Waals surface area contributed by atoms with E-state index >= 15 is 0 Å². The number of aliphatic imine (C=N–C) groups is 1. The molecule has 2 aliphatic rings. The summed E-state index contributed by atoms with van der Waals surface area (Å²) < 4.78 is 25.0. The molecule has 0 aliphatic carbocycles. The number of carbonyl (C=O) groups is 5. The number of nitrogens with two attached hydrogens (primary N) is 1. The Morgan fingerprint density at radius 1 is 0.795 bits per heavy atom. The molecule has 19 nitrogen and oxygen atoms in total. The van der Waals surface area contributed by atoms with Gasteiger partial charge in [-0.3, -0.25) is 33.5 Å². The van der Waals surface area contributed by atoms with Gasteiger partial charge in [0.15, 0.2) is 5.82 Å². The van der Waals surface area contributed by atoms with E-state index in [4.69, 9.17) is 41.3 Å². The second-order valence-corrected chi connectivity index (χ2v) is 24.9. The SMILES string of the molecule is Cc1ncsc1-c1ccc(CNC(=O)[C@@H]2C[C@@H](OC(=O)CCCCCCCCCCCN)CN2C(=O)[C@@H](NC(=O)COCCOCCOCCNC(=O)C[C@@H]2N=C(c3ccc(Cl)cc3)c3c(sc(C)c3C)-n3c(C)nnc32)C(C)(C)C)cc1. The van der Waals surface area contributed by atoms with Crippen LogP contribution in [0.2, 0.25) is 5.02 Å². The lowest BCUT2D eigenvalue weighted by Gasteiger charge is -2.35. The minimum Gasteiger partial charge on any atom is -0.460 e. The summed E-state index contributed by atoms with van der Waals surface area (Å²) in [7, 11) is 0. The van der Waals surface area contributed by atoms with Gasteiger partial charge < -0.3 is 45.5 Å². The highest BCUT2D eigenvalue weighted by Gasteiger charge is 2.46. The van der Waals surface area contributed by atoms with Crippen molar-refractivity contribution < 1.29 is 42.9 Å². The number of thiazole rings is 1. The van der Waals surface area contributed by atoms with Gasteiger partial charge in [-0.2, -0.15) is 0 Å². The number of aryl methyl sites for hydroxylation is 3. The highest BCUT2D eigenvalue weighted by molar-refractivity contribution is 7.15. The van der Waals surface area contributed by atoms with E-state index < -0.39 is 41.5 Å². The normalized spacial score (nSPS) is 16.2. The number of aromatic nitrogens is 4. The minimum atomic E-state index is -1.03. The summed E-state index contributed by atoms with van der Waals surface area (Å²) in [6.07, 6.45) is 9.33. The van der Waals surface area contributed by atoms with E-state index in [9.17, 15) is 24.0 Å². The first kappa shape index (κ1) is 64.6. The summed E-state index contributed by atoms with van der Waals surface area (Å²) in [5.74, 6) is -0.608. The second-order valence-electron chi connectivity index (χ2n) is 22.4. The van der Waals surface area contributed by atoms with Crippen molar-refractivity contribution in [2.45, 2.75) is 156 Å². The Morgan fingerprint density at radius 3 is 2.11 bits per heavy atom. The van der Waals surface area contributed by atoms with Crippen molar-refractivity contribution in [2.24, 2.45) is 16.1 Å². The molecule has 1 fully saturated rings. The zero-order chi connectivity index (χ0) is 59.5. The number of ether oxygens (including phenoxy) is 4. The van der Waals surface area contributed by atoms with E-state index in [1.54, 1.807) is 22.7 Å². The summed E-state index contributed by atoms with van der Waals surface area (Å²) >= 11 is 9.47. The maximum atomic E-state index is 14.6. The summed E-state index contributed by atoms with van der Waals surface area (Å²) in [6.45, 7) is 15.5. The van der Waals surface area contributed by atoms with Crippen LogP contribution in [0.1, 0.15) is 148 Å². The number of benzene rings is 2. The monoisotopic (exact) mass is 1200 g/mol. The Morgan fingerprint density at radius 2 is 1.45 bits per heavy atom. The molecule has 0 spiro atoms. The van der Waals surface area contributed by atoms with E-state index in [0.717, 1.165) is 86.2 Å². The van der Waals surface area contributed by atoms with Crippen molar-refractivity contribution in [3.63, 3.8) is 0 Å². The molecule has 22 heteroatoms. The fourth-order valence-corrected chi connectivity index (χ4v) is 12.3. The van der Waals surface area contributed by atoms with Crippen molar-refractivity contribution in [2.75, 3.05) is 59.3 Å². The maximum Gasteiger partial charge on any atom is 0.306 e. The standard InChI is InChI=1S/C61H83ClN10O9S2/c1-39-41(3)83-60-53(39)54(44-22-24-46(62)25-23-44)67-48(57-70-69-42(4)72(57)60)34-50(73)64-27-28-78-29-30-79-31-32-80-37-51(74)68-56(61(5,6)7)59(77)71-36-47(81-52(75)17-15-13-11-9-8-10-12-14-16-26-63)33-49(71)58(76)65-35-43-18-20-45(21-19-43)55-40(2)66-38-82-55/h18-25,38,47-49,56H,8-17,26-37,63H2,1-7H3,(H,64,73)(H,65,76)(H,68,74)/t47-,48+,49+,56-/m1/s1. The van der Waals surface area contributed by atoms with E-state index in [1.807, 2.05) is 93.2 Å². The molecule has 5 N–H and O–H groups in total. The van der Waals surface area contributed by atoms with Gasteiger partial charge in [-0.05, 0) is 81.3 Å². The predicted octanol–water partition coefficient (Wildman–Crippen LogP) is 9.01. The van der Waals surface area contributed by atoms with Gasteiger partial charge in [0.05, 0.1) is 67.8 Å². The molecule has 4 amide bonds. The van der Waals surface area contributed by atoms with Gasteiger partial charge in [-0.1, -0.05) is 114 Å². The first-order chi connectivity index (χ1) is 39.9. The molecular formula is C61H83ClN10O9S2. The lowest BCUT2D eigenvalue weighted by atomic mass is 9.85. The molecule has 83 heavy (non-hydrogen) atoms. The molecule has 450 valence electrons. The Bertz CT molecular complexity index is 2970. The minimum absolute atomic E-state index is 0.00945. The number of hydrogen-bond acceptors (Lipinski definition) is 16. The third kappa shape index (κ3) is 18.5. The number of nitrogens with one attached hydrogen (secondary N) is 3. The van der Waals surface area contributed by atoms with Crippen molar-refractivity contribution in [1.29, 1.82) is 0 Å². The third-order valence-electron chi connectivity index (χ3n) is 14.9. The number of thiophene rings is 1. The van der Waals surface area contributed by atoms with Crippen molar-refractivity contribution in [3.05, 3.63) is 104 Å². The number of esters is 1. The largest absolute Gasteiger partial charge is 0.460 e. The van der Waals surface area contributed by atoms with Crippen LogP contribution in [0.25, 0.3) is 15.4 Å². The first-order valence-electron chi connectivity index (χ1n) is 29.1. The van der Waals surface area contributed by atoms with Gasteiger partial charge >= 0.3 is 5.97 Å². The molecule has 3 aromatic heterocycles. The number of halogens is 1. The van der Waals surface area contributed by atoms with Gasteiger partial charge in [0, 0.05) is 47.0 Å². The van der Waals surface area contributed by atoms with Gasteiger partial charge in [-0.25, -0.2) is 4.98 Å². The van der Waals surface area contributed by atoms with Gasteiger partial charge in [0.1, 0.15) is 41.7 Å². The van der Waals surface area contributed by atoms with Crippen LogP contribution in [0.4, 0.5) is 0 Å². The summed E-state index contributed by atoms with van der Waals surface area (Å²) in [5, 5.41) is 19.3. The van der Waals surface area contributed by atoms with Crippen LogP contribution >= 0.6 is 34.3 Å². The molecule has 2 aliphatic heterocycles. The van der Waals surface area contributed by atoms with Gasteiger partial charge in [0.25, 0.3) is 0 Å². The Balaban J connectivity index is 0.834. The van der Waals surface area contributed by atoms with E-state index in [2.05, 4.69) is 45.0 Å². The van der Waals surface area contributed by atoms with E-state index in [-0.39, 0.29) is 96.3 Å². The van der Waals surface area contributed by atoms with E-state index in [0.29, 0.717) is 23.1 Å². The average Bonchev–Trinajstić information content (AvgIpc) is 4.45. The number of likely N-dealkylation sites (tertiary alicyclic amines) is 1. The topological polar surface area (TPSA) is 244 Å². The van der Waals surface area contributed by atoms with Crippen LogP contribution in [0.15, 0.2) is 59.0 Å². The number of rotatable bonds is 32. The Kier molecular flexibility index (Phi) is 24.8. The molecule has 5 aromatic rings. The maximum absolute atomic E-state index is 14.6. The molecular weight excluding hydrogens is 1120 g/mol. The van der Waals surface area contributed by atoms with Crippen LogP contribution in [-0.2, 0) is 49.5 Å². The smallest absolute Gasteiger partial charge is 0.306 e. The van der Waals surface area contributed by atoms with Crippen molar-refractivity contribution >= 4 is 69.6 Å². The number of hydrogen-bond donors (Lipinski definition) is 4. The number of fused-ring (bicyclic) bond motifs is 3. The number of amides is 4. The predicted molar refractivity (Wildman–Crippen MR) is 324 cm³/mol. The zero-order valence-corrected chi connectivity index (χ0v) is 51.6. The van der Waals surface area contributed by atoms with Crippen LogP contribution in [-0.4, -0.2) is 137 Å². The molecule has 2 aromatic carbocycles. The van der Waals surface area contributed by atoms with Crippen molar-refractivity contribution in [3.8, 4) is 15.4 Å². The fraction of sp³-hybridized carbons (Fsp3) is 0.557. The third-order valence-corrected chi connectivity index (χ3v) is 17.3. The lowest BCUT2D eigenvalue weighted by Crippen LogP contribution is -2.58. The van der Waals surface area contributed by atoms with Crippen LogP contribution in [0.3, 0.4) is 0 Å². The average molecular weight is 1200 g/mol. The summed E-state index contributed by atoms with van der Waals surface area (Å²) in [5.41, 5.74) is 13.3. The Hall–Kier alpha value is -5.94. The molecule has 5 heterocycles. The molecule has 0 unspecified atom stereocenters. The molecule has 4 atom stereocenters. The molecule has 0 radical (unpaired) electrons. The van der Waals surface area contributed by atoms with Gasteiger partial charge in [-0.15, -0.1) is 32.9 Å². The molecule has 0 saturated carbocycles.